The highest BCUT2D eigenvalue weighted by atomic mass is 16.5. The molecule has 7 nitrogen and oxygen atoms in total. The molecular formula is C17H25N3O4. The number of nitrogens with zero attached hydrogens (tertiary/aromatic N) is 2. The Morgan fingerprint density at radius 1 is 1.25 bits per heavy atom. The normalized spacial score (nSPS) is 16.9. The van der Waals surface area contributed by atoms with Crippen molar-refractivity contribution in [2.45, 2.75) is 26.3 Å². The van der Waals surface area contributed by atoms with E-state index in [9.17, 15) is 9.59 Å². The summed E-state index contributed by atoms with van der Waals surface area (Å²) in [6.45, 7) is 5.59. The Balaban J connectivity index is 2.08. The molecule has 7 heteroatoms. The number of urea groups is 1. The Morgan fingerprint density at radius 3 is 2.50 bits per heavy atom. The molecule has 24 heavy (non-hydrogen) atoms. The van der Waals surface area contributed by atoms with Gasteiger partial charge in [0.25, 0.3) is 0 Å². The van der Waals surface area contributed by atoms with Gasteiger partial charge < -0.3 is 24.6 Å². The molecule has 0 aliphatic carbocycles. The molecule has 1 aromatic carbocycles. The topological polar surface area (TPSA) is 71.1 Å². The standard InChI is InChI=1S/C17H25N3O4/c1-5-19(6-2)17(22)18-12-9-16(21)20(11-12)13-7-8-14(23-3)15(10-13)24-4/h7-8,10,12H,5-6,9,11H2,1-4H3,(H,18,22). The Kier molecular flexibility index (Phi) is 5.89. The van der Waals surface area contributed by atoms with E-state index in [-0.39, 0.29) is 18.0 Å². The zero-order valence-corrected chi connectivity index (χ0v) is 14.7. The summed E-state index contributed by atoms with van der Waals surface area (Å²) in [6, 6.07) is 5.02. The molecule has 0 radical (unpaired) electrons. The number of ether oxygens (including phenoxy) is 2. The van der Waals surface area contributed by atoms with E-state index < -0.39 is 0 Å². The number of benzene rings is 1. The van der Waals surface area contributed by atoms with Crippen molar-refractivity contribution in [1.29, 1.82) is 0 Å². The van der Waals surface area contributed by atoms with Crippen molar-refractivity contribution >= 4 is 17.6 Å². The fourth-order valence-corrected chi connectivity index (χ4v) is 2.82. The van der Waals surface area contributed by atoms with Crippen molar-refractivity contribution in [3.63, 3.8) is 0 Å². The minimum atomic E-state index is -0.196. The first-order valence-corrected chi connectivity index (χ1v) is 8.11. The van der Waals surface area contributed by atoms with Crippen LogP contribution in [0.25, 0.3) is 0 Å². The number of rotatable bonds is 6. The minimum Gasteiger partial charge on any atom is -0.493 e. The van der Waals surface area contributed by atoms with E-state index in [0.717, 1.165) is 5.69 Å². The van der Waals surface area contributed by atoms with E-state index >= 15 is 0 Å². The van der Waals surface area contributed by atoms with Crippen LogP contribution in [0.1, 0.15) is 20.3 Å². The second-order valence-electron chi connectivity index (χ2n) is 5.57. The SMILES string of the molecule is CCN(CC)C(=O)NC1CC(=O)N(c2ccc(OC)c(OC)c2)C1. The molecule has 1 N–H and O–H groups in total. The number of amides is 3. The molecule has 0 spiro atoms. The fourth-order valence-electron chi connectivity index (χ4n) is 2.82. The van der Waals surface area contributed by atoms with Crippen LogP contribution in [-0.2, 0) is 4.79 Å². The van der Waals surface area contributed by atoms with Gasteiger partial charge in [0, 0.05) is 37.8 Å². The van der Waals surface area contributed by atoms with Gasteiger partial charge in [0.05, 0.1) is 20.3 Å². The van der Waals surface area contributed by atoms with Crippen LogP contribution in [0.15, 0.2) is 18.2 Å². The lowest BCUT2D eigenvalue weighted by Crippen LogP contribution is -2.45. The summed E-state index contributed by atoms with van der Waals surface area (Å²) in [7, 11) is 3.12. The van der Waals surface area contributed by atoms with Gasteiger partial charge in [0.15, 0.2) is 11.5 Å². The second kappa shape index (κ2) is 7.90. The van der Waals surface area contributed by atoms with Crippen LogP contribution >= 0.6 is 0 Å². The Hall–Kier alpha value is -2.44. The predicted octanol–water partition coefficient (Wildman–Crippen LogP) is 1.86. The lowest BCUT2D eigenvalue weighted by molar-refractivity contribution is -0.117. The zero-order chi connectivity index (χ0) is 17.7. The molecule has 132 valence electrons. The van der Waals surface area contributed by atoms with Crippen molar-refractivity contribution in [2.75, 3.05) is 38.8 Å². The molecule has 1 fully saturated rings. The summed E-state index contributed by atoms with van der Waals surface area (Å²) in [6.07, 6.45) is 0.293. The third-order valence-corrected chi connectivity index (χ3v) is 4.18. The summed E-state index contributed by atoms with van der Waals surface area (Å²) < 4.78 is 10.5. The van der Waals surface area contributed by atoms with Gasteiger partial charge in [-0.2, -0.15) is 0 Å². The number of methoxy groups -OCH3 is 2. The van der Waals surface area contributed by atoms with Crippen LogP contribution in [0.4, 0.5) is 10.5 Å². The number of hydrogen-bond donors (Lipinski definition) is 1. The minimum absolute atomic E-state index is 0.0212. The van der Waals surface area contributed by atoms with Gasteiger partial charge in [0.2, 0.25) is 5.91 Å². The Bertz CT molecular complexity index is 601. The van der Waals surface area contributed by atoms with Gasteiger partial charge >= 0.3 is 6.03 Å². The molecule has 0 bridgehead atoms. The lowest BCUT2D eigenvalue weighted by atomic mass is 10.2. The molecule has 1 saturated heterocycles. The summed E-state index contributed by atoms with van der Waals surface area (Å²) in [5.41, 5.74) is 0.734. The highest BCUT2D eigenvalue weighted by Gasteiger charge is 2.32. The first kappa shape index (κ1) is 17.9. The molecule has 1 heterocycles. The van der Waals surface area contributed by atoms with E-state index in [1.165, 1.54) is 0 Å². The fraction of sp³-hybridized carbons (Fsp3) is 0.529. The molecule has 3 amide bonds. The van der Waals surface area contributed by atoms with E-state index in [4.69, 9.17) is 9.47 Å². The third kappa shape index (κ3) is 3.72. The van der Waals surface area contributed by atoms with Crippen LogP contribution < -0.4 is 19.7 Å². The van der Waals surface area contributed by atoms with Crippen molar-refractivity contribution in [2.24, 2.45) is 0 Å². The maximum Gasteiger partial charge on any atom is 0.317 e. The molecule has 1 unspecified atom stereocenters. The number of nitrogens with one attached hydrogen (secondary N) is 1. The van der Waals surface area contributed by atoms with Crippen LogP contribution in [-0.4, -0.2) is 56.7 Å². The summed E-state index contributed by atoms with van der Waals surface area (Å²) in [4.78, 5) is 27.8. The summed E-state index contributed by atoms with van der Waals surface area (Å²) in [5, 5.41) is 2.93. The molecule has 2 rings (SSSR count). The van der Waals surface area contributed by atoms with Crippen LogP contribution in [0.3, 0.4) is 0 Å². The van der Waals surface area contributed by atoms with Crippen LogP contribution in [0.5, 0.6) is 11.5 Å². The average Bonchev–Trinajstić information content (AvgIpc) is 2.95. The van der Waals surface area contributed by atoms with Crippen molar-refractivity contribution < 1.29 is 19.1 Å². The summed E-state index contributed by atoms with van der Waals surface area (Å²) >= 11 is 0. The van der Waals surface area contributed by atoms with Gasteiger partial charge in [-0.1, -0.05) is 0 Å². The molecule has 1 aliphatic rings. The van der Waals surface area contributed by atoms with Crippen molar-refractivity contribution in [3.8, 4) is 11.5 Å². The lowest BCUT2D eigenvalue weighted by Gasteiger charge is -2.22. The number of carbonyl (C=O) groups excluding carboxylic acids is 2. The van der Waals surface area contributed by atoms with Crippen LogP contribution in [0.2, 0.25) is 0 Å². The Labute approximate surface area is 142 Å². The average molecular weight is 335 g/mol. The number of carbonyl (C=O) groups is 2. The van der Waals surface area contributed by atoms with Gasteiger partial charge in [-0.05, 0) is 26.0 Å². The van der Waals surface area contributed by atoms with Gasteiger partial charge in [-0.25, -0.2) is 4.79 Å². The van der Waals surface area contributed by atoms with E-state index in [0.29, 0.717) is 37.6 Å². The molecule has 1 aliphatic heterocycles. The monoisotopic (exact) mass is 335 g/mol. The third-order valence-electron chi connectivity index (χ3n) is 4.18. The molecule has 1 atom stereocenters. The number of anilines is 1. The quantitative estimate of drug-likeness (QED) is 0.861. The van der Waals surface area contributed by atoms with Crippen molar-refractivity contribution in [1.82, 2.24) is 10.2 Å². The molecule has 0 saturated carbocycles. The predicted molar refractivity (Wildman–Crippen MR) is 91.8 cm³/mol. The van der Waals surface area contributed by atoms with Crippen LogP contribution in [0, 0.1) is 0 Å². The second-order valence-corrected chi connectivity index (χ2v) is 5.57. The highest BCUT2D eigenvalue weighted by molar-refractivity contribution is 5.97. The molecule has 0 aromatic heterocycles. The van der Waals surface area contributed by atoms with E-state index in [2.05, 4.69) is 5.32 Å². The van der Waals surface area contributed by atoms with Gasteiger partial charge in [-0.15, -0.1) is 0 Å². The first-order chi connectivity index (χ1) is 11.5. The highest BCUT2D eigenvalue weighted by Crippen LogP contribution is 2.33. The van der Waals surface area contributed by atoms with Gasteiger partial charge in [0.1, 0.15) is 0 Å². The zero-order valence-electron chi connectivity index (χ0n) is 14.7. The maximum atomic E-state index is 12.3. The van der Waals surface area contributed by atoms with Crippen molar-refractivity contribution in [3.05, 3.63) is 18.2 Å². The Morgan fingerprint density at radius 2 is 1.92 bits per heavy atom. The molecular weight excluding hydrogens is 310 g/mol. The summed E-state index contributed by atoms with van der Waals surface area (Å²) in [5.74, 6) is 1.16. The van der Waals surface area contributed by atoms with Gasteiger partial charge in [-0.3, -0.25) is 4.79 Å². The van der Waals surface area contributed by atoms with E-state index in [1.54, 1.807) is 36.2 Å². The number of hydrogen-bond acceptors (Lipinski definition) is 4. The van der Waals surface area contributed by atoms with E-state index in [1.807, 2.05) is 19.9 Å². The first-order valence-electron chi connectivity index (χ1n) is 8.11. The smallest absolute Gasteiger partial charge is 0.317 e. The molecule has 1 aromatic rings. The largest absolute Gasteiger partial charge is 0.493 e. The maximum absolute atomic E-state index is 12.3.